The lowest BCUT2D eigenvalue weighted by Gasteiger charge is -2.25. The summed E-state index contributed by atoms with van der Waals surface area (Å²) in [4.78, 5) is 12.6. The zero-order valence-corrected chi connectivity index (χ0v) is 14.0. The number of carbonyl (C=O) groups is 1. The van der Waals surface area contributed by atoms with Crippen molar-refractivity contribution in [3.63, 3.8) is 0 Å². The van der Waals surface area contributed by atoms with Gasteiger partial charge >= 0.3 is 0 Å². The van der Waals surface area contributed by atoms with Gasteiger partial charge < -0.3 is 11.1 Å². The Balaban J connectivity index is 2.76. The highest BCUT2D eigenvalue weighted by Gasteiger charge is 2.34. The highest BCUT2D eigenvalue weighted by atomic mass is 32.2. The minimum absolute atomic E-state index is 0.162. The Hall–Kier alpha value is -1.47. The maximum atomic E-state index is 12.2. The Morgan fingerprint density at radius 2 is 1.86 bits per heavy atom. The van der Waals surface area contributed by atoms with Crippen LogP contribution < -0.4 is 11.1 Å². The topological polar surface area (TPSA) is 89.3 Å². The molecule has 0 aliphatic heterocycles. The number of thiocarbonyl (C=S) groups is 1. The molecule has 0 saturated carbocycles. The summed E-state index contributed by atoms with van der Waals surface area (Å²) in [6.07, 6.45) is 1.67. The number of carbonyl (C=O) groups excluding carboxylic acids is 1. The van der Waals surface area contributed by atoms with Crippen molar-refractivity contribution in [2.75, 3.05) is 6.26 Å². The van der Waals surface area contributed by atoms with E-state index in [1.54, 1.807) is 19.1 Å². The number of amides is 1. The third-order valence-corrected chi connectivity index (χ3v) is 5.14. The molecule has 0 radical (unpaired) electrons. The van der Waals surface area contributed by atoms with E-state index in [-0.39, 0.29) is 15.8 Å². The van der Waals surface area contributed by atoms with Gasteiger partial charge in [-0.25, -0.2) is 8.42 Å². The first-order valence-corrected chi connectivity index (χ1v) is 8.78. The van der Waals surface area contributed by atoms with Crippen molar-refractivity contribution < 1.29 is 13.2 Å². The first kappa shape index (κ1) is 17.6. The lowest BCUT2D eigenvalue weighted by atomic mass is 9.86. The molecule has 1 aromatic carbocycles. The number of hydrogen-bond donors (Lipinski definition) is 2. The second-order valence-corrected chi connectivity index (χ2v) is 7.60. The number of nitrogens with one attached hydrogen (secondary N) is 1. The van der Waals surface area contributed by atoms with Gasteiger partial charge in [-0.05, 0) is 31.0 Å². The predicted octanol–water partition coefficient (Wildman–Crippen LogP) is 1.41. The number of nitrogens with two attached hydrogens (primary N) is 1. The number of benzene rings is 1. The van der Waals surface area contributed by atoms with E-state index in [1.807, 2.05) is 6.92 Å². The molecule has 7 heteroatoms. The zero-order chi connectivity index (χ0) is 16.3. The van der Waals surface area contributed by atoms with Crippen LogP contribution in [0.1, 0.15) is 25.8 Å². The van der Waals surface area contributed by atoms with Crippen molar-refractivity contribution in [3.05, 3.63) is 29.8 Å². The Morgan fingerprint density at radius 3 is 2.24 bits per heavy atom. The molecular formula is C14H20N2O3S2. The fourth-order valence-electron chi connectivity index (χ4n) is 1.68. The number of sulfone groups is 1. The van der Waals surface area contributed by atoms with Crippen molar-refractivity contribution in [2.45, 2.75) is 31.7 Å². The molecule has 1 aromatic rings. The van der Waals surface area contributed by atoms with Crippen LogP contribution in [0, 0.1) is 5.41 Å². The molecule has 1 rings (SSSR count). The van der Waals surface area contributed by atoms with Gasteiger partial charge in [-0.1, -0.05) is 31.3 Å². The molecule has 0 bridgehead atoms. The van der Waals surface area contributed by atoms with Crippen molar-refractivity contribution in [3.8, 4) is 0 Å². The minimum Gasteiger partial charge on any atom is -0.392 e. The average Bonchev–Trinajstić information content (AvgIpc) is 2.43. The lowest BCUT2D eigenvalue weighted by Crippen LogP contribution is -2.46. The van der Waals surface area contributed by atoms with Crippen LogP contribution in [0.15, 0.2) is 29.2 Å². The van der Waals surface area contributed by atoms with Crippen LogP contribution in [0.3, 0.4) is 0 Å². The predicted molar refractivity (Wildman–Crippen MR) is 86.6 cm³/mol. The van der Waals surface area contributed by atoms with Crippen molar-refractivity contribution >= 4 is 33.0 Å². The van der Waals surface area contributed by atoms with Gasteiger partial charge in [-0.2, -0.15) is 0 Å². The van der Waals surface area contributed by atoms with Crippen molar-refractivity contribution in [1.82, 2.24) is 5.32 Å². The summed E-state index contributed by atoms with van der Waals surface area (Å²) in [5.41, 5.74) is 5.55. The third kappa shape index (κ3) is 4.25. The molecule has 0 spiro atoms. The smallest absolute Gasteiger partial charge is 0.233 e. The van der Waals surface area contributed by atoms with Crippen LogP contribution in [0.2, 0.25) is 0 Å². The molecule has 1 amide bonds. The van der Waals surface area contributed by atoms with E-state index in [0.29, 0.717) is 13.0 Å². The fourth-order valence-corrected chi connectivity index (χ4v) is 2.55. The summed E-state index contributed by atoms with van der Waals surface area (Å²) < 4.78 is 22.7. The van der Waals surface area contributed by atoms with E-state index >= 15 is 0 Å². The third-order valence-electron chi connectivity index (χ3n) is 3.56. The number of rotatable bonds is 6. The van der Waals surface area contributed by atoms with Crippen molar-refractivity contribution in [1.29, 1.82) is 0 Å². The summed E-state index contributed by atoms with van der Waals surface area (Å²) in [5.74, 6) is -0.232. The highest BCUT2D eigenvalue weighted by Crippen LogP contribution is 2.22. The van der Waals surface area contributed by atoms with Crippen LogP contribution in [0.4, 0.5) is 0 Å². The highest BCUT2D eigenvalue weighted by molar-refractivity contribution is 7.90. The summed E-state index contributed by atoms with van der Waals surface area (Å²) in [5, 5.41) is 2.77. The van der Waals surface area contributed by atoms with Crippen LogP contribution >= 0.6 is 12.2 Å². The molecule has 0 aliphatic rings. The maximum Gasteiger partial charge on any atom is 0.233 e. The summed E-state index contributed by atoms with van der Waals surface area (Å²) in [7, 11) is -3.21. The Kier molecular flexibility index (Phi) is 5.47. The van der Waals surface area contributed by atoms with Gasteiger partial charge in [0.05, 0.1) is 15.3 Å². The van der Waals surface area contributed by atoms with E-state index in [2.05, 4.69) is 5.32 Å². The van der Waals surface area contributed by atoms with Gasteiger partial charge in [-0.3, -0.25) is 4.79 Å². The van der Waals surface area contributed by atoms with Gasteiger partial charge in [0.1, 0.15) is 0 Å². The minimum atomic E-state index is -3.21. The molecule has 21 heavy (non-hydrogen) atoms. The molecule has 0 aliphatic carbocycles. The largest absolute Gasteiger partial charge is 0.392 e. The van der Waals surface area contributed by atoms with Crippen LogP contribution in [0.5, 0.6) is 0 Å². The normalized spacial score (nSPS) is 14.2. The van der Waals surface area contributed by atoms with E-state index in [4.69, 9.17) is 18.0 Å². The van der Waals surface area contributed by atoms with Gasteiger partial charge in [0.2, 0.25) is 5.91 Å². The Labute approximate surface area is 130 Å². The molecule has 0 saturated heterocycles. The second kappa shape index (κ2) is 6.53. The SMILES string of the molecule is CCC(C)(C(=O)NCc1ccc(S(C)(=O)=O)cc1)C(N)=S. The van der Waals surface area contributed by atoms with E-state index < -0.39 is 15.3 Å². The standard InChI is InChI=1S/C14H20N2O3S2/c1-4-14(2,12(15)20)13(17)16-9-10-5-7-11(8-6-10)21(3,18)19/h5-8H,4,9H2,1-3H3,(H2,15,20)(H,16,17). The summed E-state index contributed by atoms with van der Waals surface area (Å²) in [6, 6.07) is 6.37. The van der Waals surface area contributed by atoms with Gasteiger partial charge in [0, 0.05) is 12.8 Å². The lowest BCUT2D eigenvalue weighted by molar-refractivity contribution is -0.127. The molecule has 5 nitrogen and oxygen atoms in total. The Bertz CT molecular complexity index is 639. The maximum absolute atomic E-state index is 12.2. The summed E-state index contributed by atoms with van der Waals surface area (Å²) in [6.45, 7) is 3.85. The van der Waals surface area contributed by atoms with Crippen LogP contribution in [0.25, 0.3) is 0 Å². The fraction of sp³-hybridized carbons (Fsp3) is 0.429. The average molecular weight is 328 g/mol. The quantitative estimate of drug-likeness (QED) is 0.771. The molecule has 116 valence electrons. The van der Waals surface area contributed by atoms with Gasteiger partial charge in [0.15, 0.2) is 9.84 Å². The van der Waals surface area contributed by atoms with Crippen molar-refractivity contribution in [2.24, 2.45) is 11.1 Å². The van der Waals surface area contributed by atoms with Gasteiger partial charge in [-0.15, -0.1) is 0 Å². The van der Waals surface area contributed by atoms with E-state index in [0.717, 1.165) is 11.8 Å². The molecule has 3 N–H and O–H groups in total. The first-order valence-electron chi connectivity index (χ1n) is 6.48. The molecule has 0 fully saturated rings. The second-order valence-electron chi connectivity index (χ2n) is 5.15. The van der Waals surface area contributed by atoms with Crippen LogP contribution in [-0.2, 0) is 21.2 Å². The molecular weight excluding hydrogens is 308 g/mol. The first-order chi connectivity index (χ1) is 9.61. The monoisotopic (exact) mass is 328 g/mol. The van der Waals surface area contributed by atoms with Crippen LogP contribution in [-0.4, -0.2) is 25.6 Å². The molecule has 1 unspecified atom stereocenters. The van der Waals surface area contributed by atoms with Gasteiger partial charge in [0.25, 0.3) is 0 Å². The molecule has 0 heterocycles. The van der Waals surface area contributed by atoms with E-state index in [1.165, 1.54) is 12.1 Å². The zero-order valence-electron chi connectivity index (χ0n) is 12.3. The molecule has 0 aromatic heterocycles. The molecule has 1 atom stereocenters. The number of hydrogen-bond acceptors (Lipinski definition) is 4. The summed E-state index contributed by atoms with van der Waals surface area (Å²) >= 11 is 4.94. The van der Waals surface area contributed by atoms with E-state index in [9.17, 15) is 13.2 Å². The Morgan fingerprint density at radius 1 is 1.33 bits per heavy atom.